The molecule has 0 amide bonds. The van der Waals surface area contributed by atoms with Crippen LogP contribution in [0.3, 0.4) is 0 Å². The Kier molecular flexibility index (Phi) is 4.76. The molecule has 2 N–H and O–H groups in total. The van der Waals surface area contributed by atoms with E-state index >= 15 is 0 Å². The molecule has 1 aromatic rings. The number of nitrogen functional groups attached to an aromatic ring is 1. The number of rotatable bonds is 5. The van der Waals surface area contributed by atoms with E-state index in [0.717, 1.165) is 12.0 Å². The zero-order valence-corrected chi connectivity index (χ0v) is 12.3. The number of anilines is 1. The summed E-state index contributed by atoms with van der Waals surface area (Å²) in [7, 11) is -1.82. The van der Waals surface area contributed by atoms with Crippen molar-refractivity contribution in [1.82, 2.24) is 4.31 Å². The zero-order chi connectivity index (χ0) is 13.9. The van der Waals surface area contributed by atoms with Crippen molar-refractivity contribution in [3.05, 3.63) is 23.8 Å². The van der Waals surface area contributed by atoms with Gasteiger partial charge in [-0.1, -0.05) is 19.9 Å². The fraction of sp³-hybridized carbons (Fsp3) is 0.538. The Bertz CT molecular complexity index is 510. The Hall–Kier alpha value is -1.07. The molecule has 0 aliphatic heterocycles. The quantitative estimate of drug-likeness (QED) is 0.835. The van der Waals surface area contributed by atoms with Gasteiger partial charge in [0.15, 0.2) is 0 Å². The standard InChI is InChI=1S/C13H22N2O2S/c1-10(2)7-8-15(4)18(16,17)12-6-5-11(3)13(14)9-12/h5-6,9-10H,7-8,14H2,1-4H3. The first-order chi connectivity index (χ1) is 8.25. The van der Waals surface area contributed by atoms with Crippen LogP contribution in [0.5, 0.6) is 0 Å². The summed E-state index contributed by atoms with van der Waals surface area (Å²) in [5.41, 5.74) is 7.15. The summed E-state index contributed by atoms with van der Waals surface area (Å²) >= 11 is 0. The van der Waals surface area contributed by atoms with Gasteiger partial charge in [0, 0.05) is 19.3 Å². The molecule has 0 saturated carbocycles. The fourth-order valence-corrected chi connectivity index (χ4v) is 2.74. The van der Waals surface area contributed by atoms with E-state index in [1.54, 1.807) is 19.2 Å². The molecular weight excluding hydrogens is 248 g/mol. The van der Waals surface area contributed by atoms with Crippen LogP contribution < -0.4 is 5.73 Å². The number of aryl methyl sites for hydroxylation is 1. The molecule has 0 aromatic heterocycles. The molecule has 1 aromatic carbocycles. The van der Waals surface area contributed by atoms with Gasteiger partial charge in [-0.3, -0.25) is 0 Å². The molecule has 1 rings (SSSR count). The molecule has 5 heteroatoms. The summed E-state index contributed by atoms with van der Waals surface area (Å²) in [6.45, 7) is 6.52. The minimum Gasteiger partial charge on any atom is -0.398 e. The van der Waals surface area contributed by atoms with Crippen LogP contribution in [0, 0.1) is 12.8 Å². The molecule has 0 aliphatic rings. The Labute approximate surface area is 110 Å². The molecule has 0 spiro atoms. The SMILES string of the molecule is Cc1ccc(S(=O)(=O)N(C)CCC(C)C)cc1N. The Morgan fingerprint density at radius 2 is 1.94 bits per heavy atom. The van der Waals surface area contributed by atoms with Crippen molar-refractivity contribution in [3.63, 3.8) is 0 Å². The van der Waals surface area contributed by atoms with Gasteiger partial charge in [-0.15, -0.1) is 0 Å². The maximum Gasteiger partial charge on any atom is 0.242 e. The number of nitrogens with two attached hydrogens (primary N) is 1. The van der Waals surface area contributed by atoms with Crippen LogP contribution in [-0.2, 0) is 10.0 Å². The topological polar surface area (TPSA) is 63.4 Å². The molecule has 0 bridgehead atoms. The van der Waals surface area contributed by atoms with Crippen LogP contribution in [0.2, 0.25) is 0 Å². The first-order valence-corrected chi connectivity index (χ1v) is 7.51. The monoisotopic (exact) mass is 270 g/mol. The lowest BCUT2D eigenvalue weighted by Crippen LogP contribution is -2.28. The van der Waals surface area contributed by atoms with Crippen molar-refractivity contribution in [3.8, 4) is 0 Å². The van der Waals surface area contributed by atoms with Gasteiger partial charge < -0.3 is 5.73 Å². The van der Waals surface area contributed by atoms with Crippen LogP contribution in [-0.4, -0.2) is 26.3 Å². The average molecular weight is 270 g/mol. The molecule has 102 valence electrons. The number of benzene rings is 1. The van der Waals surface area contributed by atoms with Crippen LogP contribution in [0.15, 0.2) is 23.1 Å². The smallest absolute Gasteiger partial charge is 0.242 e. The Balaban J connectivity index is 2.95. The van der Waals surface area contributed by atoms with Crippen LogP contribution in [0.25, 0.3) is 0 Å². The Morgan fingerprint density at radius 1 is 1.33 bits per heavy atom. The summed E-state index contributed by atoms with van der Waals surface area (Å²) in [6, 6.07) is 4.86. The van der Waals surface area contributed by atoms with Crippen molar-refractivity contribution in [2.45, 2.75) is 32.1 Å². The molecule has 0 radical (unpaired) electrons. The lowest BCUT2D eigenvalue weighted by molar-refractivity contribution is 0.428. The molecule has 0 fully saturated rings. The van der Waals surface area contributed by atoms with Crippen molar-refractivity contribution in [1.29, 1.82) is 0 Å². The van der Waals surface area contributed by atoms with E-state index in [0.29, 0.717) is 18.2 Å². The molecule has 0 atom stereocenters. The third-order valence-corrected chi connectivity index (χ3v) is 4.83. The number of sulfonamides is 1. The lowest BCUT2D eigenvalue weighted by atomic mass is 10.1. The molecule has 18 heavy (non-hydrogen) atoms. The van der Waals surface area contributed by atoms with E-state index in [-0.39, 0.29) is 4.90 Å². The largest absolute Gasteiger partial charge is 0.398 e. The van der Waals surface area contributed by atoms with E-state index in [1.165, 1.54) is 10.4 Å². The fourth-order valence-electron chi connectivity index (χ4n) is 1.52. The van der Waals surface area contributed by atoms with E-state index in [1.807, 2.05) is 6.92 Å². The van der Waals surface area contributed by atoms with Gasteiger partial charge in [0.25, 0.3) is 0 Å². The highest BCUT2D eigenvalue weighted by atomic mass is 32.2. The molecule has 4 nitrogen and oxygen atoms in total. The van der Waals surface area contributed by atoms with Gasteiger partial charge in [-0.2, -0.15) is 0 Å². The normalized spacial score (nSPS) is 12.3. The molecule has 0 saturated heterocycles. The first kappa shape index (κ1) is 15.0. The average Bonchev–Trinajstić information content (AvgIpc) is 2.29. The zero-order valence-electron chi connectivity index (χ0n) is 11.5. The van der Waals surface area contributed by atoms with Crippen LogP contribution in [0.4, 0.5) is 5.69 Å². The lowest BCUT2D eigenvalue weighted by Gasteiger charge is -2.18. The van der Waals surface area contributed by atoms with Gasteiger partial charge in [-0.25, -0.2) is 12.7 Å². The summed E-state index contributed by atoms with van der Waals surface area (Å²) in [4.78, 5) is 0.261. The minimum atomic E-state index is -3.42. The van der Waals surface area contributed by atoms with Gasteiger partial charge in [0.2, 0.25) is 10.0 Å². The number of nitrogens with zero attached hydrogens (tertiary/aromatic N) is 1. The first-order valence-electron chi connectivity index (χ1n) is 6.07. The molecule has 0 heterocycles. The second-order valence-electron chi connectivity index (χ2n) is 5.03. The van der Waals surface area contributed by atoms with Gasteiger partial charge in [0.05, 0.1) is 4.90 Å². The second kappa shape index (κ2) is 5.71. The molecule has 0 aliphatic carbocycles. The maximum absolute atomic E-state index is 12.3. The molecular formula is C13H22N2O2S. The summed E-state index contributed by atoms with van der Waals surface area (Å²) < 4.78 is 25.9. The van der Waals surface area contributed by atoms with Crippen molar-refractivity contribution in [2.24, 2.45) is 5.92 Å². The molecule has 0 unspecified atom stereocenters. The third-order valence-electron chi connectivity index (χ3n) is 2.98. The van der Waals surface area contributed by atoms with Crippen LogP contribution >= 0.6 is 0 Å². The highest BCUT2D eigenvalue weighted by Crippen LogP contribution is 2.20. The predicted octanol–water partition coefficient (Wildman–Crippen LogP) is 2.24. The predicted molar refractivity (Wildman–Crippen MR) is 74.9 cm³/mol. The van der Waals surface area contributed by atoms with Gasteiger partial charge in [0.1, 0.15) is 0 Å². The highest BCUT2D eigenvalue weighted by Gasteiger charge is 2.21. The number of hydrogen-bond donors (Lipinski definition) is 1. The van der Waals surface area contributed by atoms with Crippen molar-refractivity contribution < 1.29 is 8.42 Å². The van der Waals surface area contributed by atoms with Gasteiger partial charge >= 0.3 is 0 Å². The van der Waals surface area contributed by atoms with Crippen molar-refractivity contribution in [2.75, 3.05) is 19.3 Å². The second-order valence-corrected chi connectivity index (χ2v) is 7.07. The number of hydrogen-bond acceptors (Lipinski definition) is 3. The highest BCUT2D eigenvalue weighted by molar-refractivity contribution is 7.89. The van der Waals surface area contributed by atoms with Crippen LogP contribution in [0.1, 0.15) is 25.8 Å². The van der Waals surface area contributed by atoms with E-state index in [4.69, 9.17) is 5.73 Å². The third kappa shape index (κ3) is 3.46. The maximum atomic E-state index is 12.3. The van der Waals surface area contributed by atoms with Crippen molar-refractivity contribution >= 4 is 15.7 Å². The summed E-state index contributed by atoms with van der Waals surface area (Å²) in [5.74, 6) is 0.478. The minimum absolute atomic E-state index is 0.261. The van der Waals surface area contributed by atoms with E-state index in [9.17, 15) is 8.42 Å². The summed E-state index contributed by atoms with van der Waals surface area (Å²) in [5, 5.41) is 0. The Morgan fingerprint density at radius 3 is 2.44 bits per heavy atom. The van der Waals surface area contributed by atoms with E-state index < -0.39 is 10.0 Å². The van der Waals surface area contributed by atoms with Gasteiger partial charge in [-0.05, 0) is 37.0 Å². The van der Waals surface area contributed by atoms with E-state index in [2.05, 4.69) is 13.8 Å². The summed E-state index contributed by atoms with van der Waals surface area (Å²) in [6.07, 6.45) is 0.844.